The van der Waals surface area contributed by atoms with Crippen molar-refractivity contribution in [3.63, 3.8) is 0 Å². The Bertz CT molecular complexity index is 375. The average molecular weight is 234 g/mol. The van der Waals surface area contributed by atoms with Gasteiger partial charge in [0.05, 0.1) is 11.2 Å². The van der Waals surface area contributed by atoms with E-state index >= 15 is 0 Å². The number of amides is 1. The fourth-order valence-electron chi connectivity index (χ4n) is 2.22. The molecular weight excluding hydrogens is 216 g/mol. The first-order chi connectivity index (χ1) is 8.27. The van der Waals surface area contributed by atoms with E-state index in [0.717, 1.165) is 37.9 Å². The molecule has 1 aromatic rings. The van der Waals surface area contributed by atoms with Crippen LogP contribution < -0.4 is 10.6 Å². The number of hydrogen-bond acceptors (Lipinski definition) is 4. The van der Waals surface area contributed by atoms with E-state index in [4.69, 9.17) is 0 Å². The topological polar surface area (TPSA) is 66.9 Å². The minimum absolute atomic E-state index is 0.0999. The molecule has 0 spiro atoms. The fraction of sp³-hybridized carbons (Fsp3) is 0.583. The van der Waals surface area contributed by atoms with Crippen molar-refractivity contribution in [1.29, 1.82) is 0 Å². The first-order valence-corrected chi connectivity index (χ1v) is 5.99. The molecular formula is C12H18N4O. The van der Waals surface area contributed by atoms with Gasteiger partial charge < -0.3 is 10.6 Å². The lowest BCUT2D eigenvalue weighted by Gasteiger charge is -2.41. The van der Waals surface area contributed by atoms with Crippen LogP contribution in [0, 0.1) is 0 Å². The Morgan fingerprint density at radius 1 is 1.59 bits per heavy atom. The minimum atomic E-state index is -0.336. The number of rotatable bonds is 5. The highest BCUT2D eigenvalue weighted by atomic mass is 16.2. The van der Waals surface area contributed by atoms with E-state index in [1.54, 1.807) is 25.6 Å². The van der Waals surface area contributed by atoms with Crippen molar-refractivity contribution < 1.29 is 4.79 Å². The molecule has 1 aliphatic heterocycles. The Kier molecular flexibility index (Phi) is 3.68. The summed E-state index contributed by atoms with van der Waals surface area (Å²) in [5.74, 6) is 0.0999. The second-order valence-corrected chi connectivity index (χ2v) is 4.39. The predicted molar refractivity (Wildman–Crippen MR) is 64.4 cm³/mol. The molecule has 92 valence electrons. The Hall–Kier alpha value is -1.49. The number of likely N-dealkylation sites (N-methyl/N-ethyl adjacent to an activating group) is 1. The van der Waals surface area contributed by atoms with Crippen molar-refractivity contribution in [2.45, 2.75) is 31.2 Å². The van der Waals surface area contributed by atoms with Gasteiger partial charge in [-0.3, -0.25) is 14.8 Å². The number of aryl methyl sites for hydroxylation is 1. The van der Waals surface area contributed by atoms with E-state index < -0.39 is 0 Å². The molecule has 1 atom stereocenters. The molecule has 2 heterocycles. The summed E-state index contributed by atoms with van der Waals surface area (Å²) in [6.45, 7) is 0.929. The van der Waals surface area contributed by atoms with Gasteiger partial charge >= 0.3 is 0 Å². The van der Waals surface area contributed by atoms with E-state index in [-0.39, 0.29) is 11.4 Å². The van der Waals surface area contributed by atoms with Gasteiger partial charge in [0.1, 0.15) is 0 Å². The molecule has 0 aliphatic carbocycles. The number of nitrogens with one attached hydrogen (secondary N) is 2. The van der Waals surface area contributed by atoms with Crippen molar-refractivity contribution in [3.8, 4) is 0 Å². The maximum Gasteiger partial charge on any atom is 0.240 e. The van der Waals surface area contributed by atoms with Gasteiger partial charge in [0.2, 0.25) is 5.91 Å². The number of hydrogen-bond donors (Lipinski definition) is 2. The molecule has 1 amide bonds. The van der Waals surface area contributed by atoms with E-state index in [0.29, 0.717) is 0 Å². The fourth-order valence-corrected chi connectivity index (χ4v) is 2.22. The van der Waals surface area contributed by atoms with Crippen LogP contribution in [-0.4, -0.2) is 35.0 Å². The molecule has 1 aliphatic rings. The first-order valence-electron chi connectivity index (χ1n) is 5.99. The molecule has 0 unspecified atom stereocenters. The summed E-state index contributed by atoms with van der Waals surface area (Å²) >= 11 is 0. The van der Waals surface area contributed by atoms with Crippen LogP contribution in [-0.2, 0) is 11.2 Å². The normalized spacial score (nSPS) is 22.9. The van der Waals surface area contributed by atoms with Crippen LogP contribution in [0.2, 0.25) is 0 Å². The summed E-state index contributed by atoms with van der Waals surface area (Å²) in [6, 6.07) is 0. The smallest absolute Gasteiger partial charge is 0.240 e. The molecule has 0 aromatic carbocycles. The van der Waals surface area contributed by atoms with Crippen molar-refractivity contribution in [2.24, 2.45) is 0 Å². The standard InChI is InChI=1S/C12H18N4O/c1-13-11(17)12(5-6-16-12)4-2-3-10-9-14-7-8-15-10/h7-9,16H,2-6H2,1H3,(H,13,17)/t12-/m0/s1. The lowest BCUT2D eigenvalue weighted by atomic mass is 9.82. The molecule has 5 nitrogen and oxygen atoms in total. The highest BCUT2D eigenvalue weighted by molar-refractivity contribution is 5.87. The van der Waals surface area contributed by atoms with Gasteiger partial charge in [-0.1, -0.05) is 0 Å². The van der Waals surface area contributed by atoms with Crippen molar-refractivity contribution in [1.82, 2.24) is 20.6 Å². The molecule has 17 heavy (non-hydrogen) atoms. The Labute approximate surface area is 101 Å². The molecule has 1 aromatic heterocycles. The molecule has 0 radical (unpaired) electrons. The highest BCUT2D eigenvalue weighted by Gasteiger charge is 2.42. The van der Waals surface area contributed by atoms with Crippen LogP contribution in [0.5, 0.6) is 0 Å². The third-order valence-electron chi connectivity index (χ3n) is 3.33. The third-order valence-corrected chi connectivity index (χ3v) is 3.33. The number of aromatic nitrogens is 2. The monoisotopic (exact) mass is 234 g/mol. The minimum Gasteiger partial charge on any atom is -0.358 e. The van der Waals surface area contributed by atoms with Gasteiger partial charge in [-0.05, 0) is 32.2 Å². The zero-order valence-corrected chi connectivity index (χ0v) is 10.1. The van der Waals surface area contributed by atoms with E-state index in [1.807, 2.05) is 0 Å². The van der Waals surface area contributed by atoms with Crippen molar-refractivity contribution in [3.05, 3.63) is 24.3 Å². The van der Waals surface area contributed by atoms with E-state index in [9.17, 15) is 4.79 Å². The Morgan fingerprint density at radius 2 is 2.41 bits per heavy atom. The van der Waals surface area contributed by atoms with Gasteiger partial charge in [0, 0.05) is 25.6 Å². The third kappa shape index (κ3) is 2.61. The Balaban J connectivity index is 1.83. The van der Waals surface area contributed by atoms with E-state index in [1.165, 1.54) is 0 Å². The molecule has 2 rings (SSSR count). The summed E-state index contributed by atoms with van der Waals surface area (Å²) in [5.41, 5.74) is 0.649. The molecule has 1 fully saturated rings. The molecule has 5 heteroatoms. The lowest BCUT2D eigenvalue weighted by Crippen LogP contribution is -2.65. The second kappa shape index (κ2) is 5.23. The summed E-state index contributed by atoms with van der Waals surface area (Å²) in [6.07, 6.45) is 8.74. The predicted octanol–water partition coefficient (Wildman–Crippen LogP) is 0.277. The van der Waals surface area contributed by atoms with Crippen molar-refractivity contribution in [2.75, 3.05) is 13.6 Å². The molecule has 1 saturated heterocycles. The van der Waals surface area contributed by atoms with Gasteiger partial charge in [-0.15, -0.1) is 0 Å². The zero-order valence-electron chi connectivity index (χ0n) is 10.1. The summed E-state index contributed by atoms with van der Waals surface area (Å²) in [5, 5.41) is 5.97. The van der Waals surface area contributed by atoms with Crippen LogP contribution in [0.4, 0.5) is 0 Å². The largest absolute Gasteiger partial charge is 0.358 e. The lowest BCUT2D eigenvalue weighted by molar-refractivity contribution is -0.130. The van der Waals surface area contributed by atoms with Crippen LogP contribution in [0.25, 0.3) is 0 Å². The summed E-state index contributed by atoms with van der Waals surface area (Å²) in [4.78, 5) is 20.0. The van der Waals surface area contributed by atoms with Gasteiger partial charge in [-0.2, -0.15) is 0 Å². The number of nitrogens with zero attached hydrogens (tertiary/aromatic N) is 2. The summed E-state index contributed by atoms with van der Waals surface area (Å²) < 4.78 is 0. The number of carbonyl (C=O) groups excluding carboxylic acids is 1. The summed E-state index contributed by atoms with van der Waals surface area (Å²) in [7, 11) is 1.69. The van der Waals surface area contributed by atoms with Gasteiger partial charge in [0.15, 0.2) is 0 Å². The van der Waals surface area contributed by atoms with E-state index in [2.05, 4.69) is 20.6 Å². The number of carbonyl (C=O) groups is 1. The quantitative estimate of drug-likeness (QED) is 0.768. The van der Waals surface area contributed by atoms with Gasteiger partial charge in [0.25, 0.3) is 0 Å². The zero-order chi connectivity index (χ0) is 12.1. The molecule has 0 bridgehead atoms. The van der Waals surface area contributed by atoms with Crippen LogP contribution in [0.15, 0.2) is 18.6 Å². The maximum absolute atomic E-state index is 11.8. The van der Waals surface area contributed by atoms with Crippen LogP contribution >= 0.6 is 0 Å². The molecule has 0 saturated carbocycles. The van der Waals surface area contributed by atoms with Crippen LogP contribution in [0.3, 0.4) is 0 Å². The maximum atomic E-state index is 11.8. The Morgan fingerprint density at radius 3 is 2.94 bits per heavy atom. The van der Waals surface area contributed by atoms with Crippen LogP contribution in [0.1, 0.15) is 25.0 Å². The first kappa shape index (κ1) is 12.0. The molecule has 2 N–H and O–H groups in total. The van der Waals surface area contributed by atoms with Crippen molar-refractivity contribution >= 4 is 5.91 Å². The highest BCUT2D eigenvalue weighted by Crippen LogP contribution is 2.25. The van der Waals surface area contributed by atoms with Gasteiger partial charge in [-0.25, -0.2) is 0 Å². The SMILES string of the molecule is CNC(=O)[C@]1(CCCc2cnccn2)CCN1. The second-order valence-electron chi connectivity index (χ2n) is 4.39. The average Bonchev–Trinajstić information content (AvgIpc) is 2.33.